The monoisotopic (exact) mass is 234 g/mol. The average Bonchev–Trinajstić information content (AvgIpc) is 2.25. The third-order valence-corrected chi connectivity index (χ3v) is 3.49. The molecule has 2 nitrogen and oxygen atoms in total. The summed E-state index contributed by atoms with van der Waals surface area (Å²) < 4.78 is 5.76. The summed E-state index contributed by atoms with van der Waals surface area (Å²) in [6.45, 7) is 4.71. The first-order valence-corrected chi connectivity index (χ1v) is 6.44. The molecule has 0 spiro atoms. The first-order chi connectivity index (χ1) is 8.11. The Morgan fingerprint density at radius 1 is 1.35 bits per heavy atom. The summed E-state index contributed by atoms with van der Waals surface area (Å²) >= 11 is 0. The van der Waals surface area contributed by atoms with E-state index in [2.05, 4.69) is 18.2 Å². The van der Waals surface area contributed by atoms with Gasteiger partial charge >= 0.3 is 0 Å². The fraction of sp³-hybridized carbons (Fsp3) is 0.600. The van der Waals surface area contributed by atoms with E-state index in [1.54, 1.807) is 0 Å². The molecule has 2 heteroatoms. The minimum absolute atomic E-state index is 0.148. The van der Waals surface area contributed by atoms with Crippen molar-refractivity contribution in [1.82, 2.24) is 0 Å². The molecule has 1 fully saturated rings. The molecule has 1 aliphatic rings. The Kier molecular flexibility index (Phi) is 3.72. The van der Waals surface area contributed by atoms with Crippen LogP contribution in [0, 0.1) is 5.41 Å². The highest BCUT2D eigenvalue weighted by atomic mass is 16.5. The first kappa shape index (κ1) is 12.4. The Labute approximate surface area is 104 Å². The van der Waals surface area contributed by atoms with Gasteiger partial charge in [-0.05, 0) is 36.5 Å². The lowest BCUT2D eigenvalue weighted by atomic mass is 9.80. The minimum atomic E-state index is -0.174. The summed E-state index contributed by atoms with van der Waals surface area (Å²) in [5.74, 6) is 1.67. The Morgan fingerprint density at radius 2 is 2.12 bits per heavy atom. The van der Waals surface area contributed by atoms with E-state index in [0.29, 0.717) is 6.61 Å². The smallest absolute Gasteiger partial charge is 0.119 e. The molecule has 1 aromatic carbocycles. The first-order valence-electron chi connectivity index (χ1n) is 6.44. The summed E-state index contributed by atoms with van der Waals surface area (Å²) in [7, 11) is 0. The van der Waals surface area contributed by atoms with E-state index in [1.807, 2.05) is 19.9 Å². The molecule has 0 heterocycles. The van der Waals surface area contributed by atoms with E-state index >= 15 is 0 Å². The van der Waals surface area contributed by atoms with Gasteiger partial charge in [-0.3, -0.25) is 0 Å². The van der Waals surface area contributed by atoms with Crippen LogP contribution in [0.15, 0.2) is 24.3 Å². The van der Waals surface area contributed by atoms with Gasteiger partial charge in [-0.15, -0.1) is 0 Å². The van der Waals surface area contributed by atoms with Gasteiger partial charge in [0.1, 0.15) is 5.75 Å². The summed E-state index contributed by atoms with van der Waals surface area (Å²) in [5, 5.41) is 9.18. The Morgan fingerprint density at radius 3 is 2.71 bits per heavy atom. The molecular formula is C15H22O2. The number of ether oxygens (including phenoxy) is 1. The highest BCUT2D eigenvalue weighted by Crippen LogP contribution is 2.37. The molecule has 0 aromatic heterocycles. The van der Waals surface area contributed by atoms with Gasteiger partial charge in [0.15, 0.2) is 0 Å². The van der Waals surface area contributed by atoms with E-state index < -0.39 is 0 Å². The molecule has 0 aliphatic heterocycles. The summed E-state index contributed by atoms with van der Waals surface area (Å²) in [4.78, 5) is 0. The molecule has 0 radical (unpaired) electrons. The van der Waals surface area contributed by atoms with Crippen LogP contribution in [0.2, 0.25) is 0 Å². The second-order valence-electron chi connectivity index (χ2n) is 5.81. The maximum atomic E-state index is 9.18. The number of rotatable bonds is 5. The van der Waals surface area contributed by atoms with E-state index in [4.69, 9.17) is 4.74 Å². The van der Waals surface area contributed by atoms with Gasteiger partial charge in [0, 0.05) is 5.41 Å². The lowest BCUT2D eigenvalue weighted by Crippen LogP contribution is -2.25. The standard InChI is InChI=1S/C15H22O2/c1-15(2,10-16)11-17-14-8-4-7-13(9-14)12-5-3-6-12/h4,7-9,12,16H,3,5-6,10-11H2,1-2H3. The predicted octanol–water partition coefficient (Wildman–Crippen LogP) is 3.35. The lowest BCUT2D eigenvalue weighted by molar-refractivity contribution is 0.0975. The van der Waals surface area contributed by atoms with Crippen LogP contribution >= 0.6 is 0 Å². The highest BCUT2D eigenvalue weighted by Gasteiger charge is 2.20. The molecule has 0 unspecified atom stereocenters. The predicted molar refractivity (Wildman–Crippen MR) is 69.4 cm³/mol. The number of aliphatic hydroxyl groups is 1. The molecule has 0 bridgehead atoms. The van der Waals surface area contributed by atoms with Crippen LogP contribution in [0.4, 0.5) is 0 Å². The molecular weight excluding hydrogens is 212 g/mol. The van der Waals surface area contributed by atoms with E-state index in [1.165, 1.54) is 24.8 Å². The van der Waals surface area contributed by atoms with Crippen LogP contribution in [-0.2, 0) is 0 Å². The van der Waals surface area contributed by atoms with E-state index in [0.717, 1.165) is 11.7 Å². The molecule has 1 aliphatic carbocycles. The summed E-state index contributed by atoms with van der Waals surface area (Å²) in [6, 6.07) is 8.40. The van der Waals surface area contributed by atoms with Gasteiger partial charge in [0.05, 0.1) is 13.2 Å². The summed E-state index contributed by atoms with van der Waals surface area (Å²) in [6.07, 6.45) is 3.98. The average molecular weight is 234 g/mol. The van der Waals surface area contributed by atoms with Crippen LogP contribution < -0.4 is 4.74 Å². The molecule has 1 saturated carbocycles. The quantitative estimate of drug-likeness (QED) is 0.846. The normalized spacial score (nSPS) is 16.6. The molecule has 1 aromatic rings. The Balaban J connectivity index is 1.96. The van der Waals surface area contributed by atoms with E-state index in [9.17, 15) is 5.11 Å². The maximum absolute atomic E-state index is 9.18. The lowest BCUT2D eigenvalue weighted by Gasteiger charge is -2.26. The minimum Gasteiger partial charge on any atom is -0.493 e. The van der Waals surface area contributed by atoms with Gasteiger partial charge in [-0.2, -0.15) is 0 Å². The maximum Gasteiger partial charge on any atom is 0.119 e. The molecule has 1 N–H and O–H groups in total. The fourth-order valence-electron chi connectivity index (χ4n) is 1.92. The largest absolute Gasteiger partial charge is 0.493 e. The van der Waals surface area contributed by atoms with Gasteiger partial charge in [0.2, 0.25) is 0 Å². The van der Waals surface area contributed by atoms with Crippen molar-refractivity contribution in [2.45, 2.75) is 39.0 Å². The number of aliphatic hydroxyl groups excluding tert-OH is 1. The molecule has 0 saturated heterocycles. The molecule has 0 amide bonds. The molecule has 2 rings (SSSR count). The van der Waals surface area contributed by atoms with Crippen LogP contribution in [0.3, 0.4) is 0 Å². The van der Waals surface area contributed by atoms with Crippen molar-refractivity contribution >= 4 is 0 Å². The Hall–Kier alpha value is -1.02. The third kappa shape index (κ3) is 3.22. The van der Waals surface area contributed by atoms with Crippen molar-refractivity contribution in [2.24, 2.45) is 5.41 Å². The van der Waals surface area contributed by atoms with Crippen molar-refractivity contribution in [3.05, 3.63) is 29.8 Å². The van der Waals surface area contributed by atoms with E-state index in [-0.39, 0.29) is 12.0 Å². The third-order valence-electron chi connectivity index (χ3n) is 3.49. The van der Waals surface area contributed by atoms with Crippen molar-refractivity contribution in [3.63, 3.8) is 0 Å². The molecule has 0 atom stereocenters. The zero-order valence-electron chi connectivity index (χ0n) is 10.8. The van der Waals surface area contributed by atoms with Crippen molar-refractivity contribution in [3.8, 4) is 5.75 Å². The van der Waals surface area contributed by atoms with Gasteiger partial charge in [-0.25, -0.2) is 0 Å². The second kappa shape index (κ2) is 5.09. The zero-order chi connectivity index (χ0) is 12.3. The fourth-order valence-corrected chi connectivity index (χ4v) is 1.92. The van der Waals surface area contributed by atoms with Crippen LogP contribution in [0.25, 0.3) is 0 Å². The SMILES string of the molecule is CC(C)(CO)COc1cccc(C2CCC2)c1. The van der Waals surface area contributed by atoms with Crippen molar-refractivity contribution < 1.29 is 9.84 Å². The van der Waals surface area contributed by atoms with Crippen molar-refractivity contribution in [2.75, 3.05) is 13.2 Å². The number of hydrogen-bond acceptors (Lipinski definition) is 2. The number of hydrogen-bond donors (Lipinski definition) is 1. The highest BCUT2D eigenvalue weighted by molar-refractivity contribution is 5.31. The van der Waals surface area contributed by atoms with Crippen LogP contribution in [0.5, 0.6) is 5.75 Å². The number of benzene rings is 1. The topological polar surface area (TPSA) is 29.5 Å². The van der Waals surface area contributed by atoms with Crippen LogP contribution in [0.1, 0.15) is 44.6 Å². The second-order valence-corrected chi connectivity index (χ2v) is 5.81. The molecule has 94 valence electrons. The van der Waals surface area contributed by atoms with Gasteiger partial charge in [0.25, 0.3) is 0 Å². The zero-order valence-corrected chi connectivity index (χ0v) is 10.8. The van der Waals surface area contributed by atoms with Gasteiger partial charge in [-0.1, -0.05) is 32.4 Å². The Bertz CT molecular complexity index is 367. The molecule has 17 heavy (non-hydrogen) atoms. The van der Waals surface area contributed by atoms with Gasteiger partial charge < -0.3 is 9.84 Å². The summed E-state index contributed by atoms with van der Waals surface area (Å²) in [5.41, 5.74) is 1.22. The van der Waals surface area contributed by atoms with Crippen LogP contribution in [-0.4, -0.2) is 18.3 Å². The van der Waals surface area contributed by atoms with Crippen molar-refractivity contribution in [1.29, 1.82) is 0 Å².